The Balaban J connectivity index is 2.92. The molecule has 2 heteroatoms. The number of nitrogens with one attached hydrogen (secondary N) is 1. The number of hydrogen-bond donors (Lipinski definition) is 1. The van der Waals surface area contributed by atoms with Crippen molar-refractivity contribution in [2.75, 3.05) is 5.32 Å². The maximum Gasteiger partial charge on any atom is 0.126 e. The monoisotopic (exact) mass is 190 g/mol. The summed E-state index contributed by atoms with van der Waals surface area (Å²) in [6.45, 7) is 12.1. The molecule has 0 spiro atoms. The Hall–Kier alpha value is -1.31. The Morgan fingerprint density at radius 3 is 2.43 bits per heavy atom. The van der Waals surface area contributed by atoms with Gasteiger partial charge in [0.1, 0.15) is 5.82 Å². The molecule has 76 valence electrons. The van der Waals surface area contributed by atoms with Crippen LogP contribution in [-0.4, -0.2) is 10.5 Å². The summed E-state index contributed by atoms with van der Waals surface area (Å²) in [4.78, 5) is 4.45. The van der Waals surface area contributed by atoms with Crippen LogP contribution in [0.2, 0.25) is 0 Å². The normalized spacial score (nSPS) is 11.1. The molecule has 0 bridgehead atoms. The Morgan fingerprint density at radius 2 is 2.00 bits per heavy atom. The van der Waals surface area contributed by atoms with Crippen LogP contribution in [0, 0.1) is 6.92 Å². The summed E-state index contributed by atoms with van der Waals surface area (Å²) in [5, 5.41) is 3.33. The summed E-state index contributed by atoms with van der Waals surface area (Å²) in [5.74, 6) is 0.917. The van der Waals surface area contributed by atoms with Crippen molar-refractivity contribution in [3.05, 3.63) is 30.0 Å². The maximum atomic E-state index is 4.45. The molecule has 1 N–H and O–H groups in total. The van der Waals surface area contributed by atoms with Crippen LogP contribution < -0.4 is 5.32 Å². The smallest absolute Gasteiger partial charge is 0.126 e. The fourth-order valence-corrected chi connectivity index (χ4v) is 1.24. The Morgan fingerprint density at radius 1 is 1.36 bits per heavy atom. The van der Waals surface area contributed by atoms with Crippen LogP contribution in [0.5, 0.6) is 0 Å². The van der Waals surface area contributed by atoms with E-state index in [-0.39, 0.29) is 5.54 Å². The minimum Gasteiger partial charge on any atom is -0.365 e. The van der Waals surface area contributed by atoms with Gasteiger partial charge in [-0.3, -0.25) is 0 Å². The molecule has 0 aliphatic carbocycles. The third-order valence-electron chi connectivity index (χ3n) is 1.85. The van der Waals surface area contributed by atoms with Gasteiger partial charge in [-0.25, -0.2) is 4.98 Å². The SMILES string of the molecule is C=Cc1ccc(NC(C)(C)C)nc1C. The van der Waals surface area contributed by atoms with Gasteiger partial charge in [0, 0.05) is 11.2 Å². The second-order valence-corrected chi connectivity index (χ2v) is 4.45. The lowest BCUT2D eigenvalue weighted by molar-refractivity contribution is 0.630. The molecular weight excluding hydrogens is 172 g/mol. The number of nitrogens with zero attached hydrogens (tertiary/aromatic N) is 1. The molecule has 0 unspecified atom stereocenters. The van der Waals surface area contributed by atoms with Crippen LogP contribution in [0.25, 0.3) is 6.08 Å². The molecule has 14 heavy (non-hydrogen) atoms. The second-order valence-electron chi connectivity index (χ2n) is 4.45. The summed E-state index contributed by atoms with van der Waals surface area (Å²) >= 11 is 0. The molecule has 0 aliphatic rings. The van der Waals surface area contributed by atoms with Crippen LogP contribution in [0.1, 0.15) is 32.0 Å². The van der Waals surface area contributed by atoms with Crippen LogP contribution in [0.4, 0.5) is 5.82 Å². The van der Waals surface area contributed by atoms with Crippen LogP contribution >= 0.6 is 0 Å². The Kier molecular flexibility index (Phi) is 2.94. The average molecular weight is 190 g/mol. The Labute approximate surface area is 86.1 Å². The molecule has 0 aromatic carbocycles. The fourth-order valence-electron chi connectivity index (χ4n) is 1.24. The Bertz CT molecular complexity index is 335. The molecule has 0 saturated carbocycles. The first-order valence-corrected chi connectivity index (χ1v) is 4.80. The lowest BCUT2D eigenvalue weighted by Gasteiger charge is -2.21. The summed E-state index contributed by atoms with van der Waals surface area (Å²) in [6, 6.07) is 4.01. The molecule has 1 heterocycles. The predicted molar refractivity (Wildman–Crippen MR) is 62.4 cm³/mol. The van der Waals surface area contributed by atoms with E-state index in [0.29, 0.717) is 0 Å². The highest BCUT2D eigenvalue weighted by atomic mass is 15.0. The van der Waals surface area contributed by atoms with Crippen molar-refractivity contribution in [3.8, 4) is 0 Å². The number of anilines is 1. The van der Waals surface area contributed by atoms with Crippen molar-refractivity contribution in [1.82, 2.24) is 4.98 Å². The topological polar surface area (TPSA) is 24.9 Å². The summed E-state index contributed by atoms with van der Waals surface area (Å²) in [6.07, 6.45) is 1.82. The number of aromatic nitrogens is 1. The number of pyridine rings is 1. The zero-order valence-corrected chi connectivity index (χ0v) is 9.39. The minimum atomic E-state index is 0.0507. The van der Waals surface area contributed by atoms with Gasteiger partial charge in [0.15, 0.2) is 0 Å². The molecule has 0 atom stereocenters. The van der Waals surface area contributed by atoms with Gasteiger partial charge in [-0.1, -0.05) is 12.7 Å². The summed E-state index contributed by atoms with van der Waals surface area (Å²) in [5.41, 5.74) is 2.15. The zero-order valence-electron chi connectivity index (χ0n) is 9.39. The van der Waals surface area contributed by atoms with Gasteiger partial charge in [0.05, 0.1) is 0 Å². The van der Waals surface area contributed by atoms with E-state index in [1.54, 1.807) is 0 Å². The van der Waals surface area contributed by atoms with E-state index in [0.717, 1.165) is 17.1 Å². The van der Waals surface area contributed by atoms with Gasteiger partial charge in [0.25, 0.3) is 0 Å². The molecular formula is C12H18N2. The van der Waals surface area contributed by atoms with E-state index in [9.17, 15) is 0 Å². The van der Waals surface area contributed by atoms with Gasteiger partial charge < -0.3 is 5.32 Å². The number of rotatable bonds is 2. The highest BCUT2D eigenvalue weighted by Gasteiger charge is 2.10. The maximum absolute atomic E-state index is 4.45. The van der Waals surface area contributed by atoms with Crippen molar-refractivity contribution in [1.29, 1.82) is 0 Å². The molecule has 0 radical (unpaired) electrons. The lowest BCUT2D eigenvalue weighted by atomic mass is 10.1. The zero-order chi connectivity index (χ0) is 10.8. The van der Waals surface area contributed by atoms with Gasteiger partial charge in [0.2, 0.25) is 0 Å². The van der Waals surface area contributed by atoms with E-state index in [1.807, 2.05) is 25.1 Å². The first kappa shape index (κ1) is 10.8. The average Bonchev–Trinajstić information content (AvgIpc) is 2.01. The van der Waals surface area contributed by atoms with Gasteiger partial charge in [-0.05, 0) is 45.4 Å². The molecule has 0 saturated heterocycles. The van der Waals surface area contributed by atoms with Crippen molar-refractivity contribution in [3.63, 3.8) is 0 Å². The molecule has 2 nitrogen and oxygen atoms in total. The van der Waals surface area contributed by atoms with E-state index in [4.69, 9.17) is 0 Å². The molecule has 1 aromatic heterocycles. The van der Waals surface area contributed by atoms with Gasteiger partial charge in [-0.2, -0.15) is 0 Å². The number of hydrogen-bond acceptors (Lipinski definition) is 2. The van der Waals surface area contributed by atoms with E-state index in [2.05, 4.69) is 37.7 Å². The van der Waals surface area contributed by atoms with Crippen molar-refractivity contribution < 1.29 is 0 Å². The van der Waals surface area contributed by atoms with Crippen LogP contribution in [-0.2, 0) is 0 Å². The van der Waals surface area contributed by atoms with Crippen molar-refractivity contribution in [2.45, 2.75) is 33.2 Å². The van der Waals surface area contributed by atoms with Crippen molar-refractivity contribution in [2.24, 2.45) is 0 Å². The lowest BCUT2D eigenvalue weighted by Crippen LogP contribution is -2.26. The molecule has 0 fully saturated rings. The molecule has 1 aromatic rings. The van der Waals surface area contributed by atoms with Crippen LogP contribution in [0.15, 0.2) is 18.7 Å². The highest BCUT2D eigenvalue weighted by molar-refractivity contribution is 5.53. The fraction of sp³-hybridized carbons (Fsp3) is 0.417. The molecule has 1 rings (SSSR count). The number of aryl methyl sites for hydroxylation is 1. The van der Waals surface area contributed by atoms with E-state index in [1.165, 1.54) is 0 Å². The molecule has 0 aliphatic heterocycles. The van der Waals surface area contributed by atoms with E-state index < -0.39 is 0 Å². The standard InChI is InChI=1S/C12H18N2/c1-6-10-7-8-11(13-9(10)2)14-12(3,4)5/h6-8H,1H2,2-5H3,(H,13,14). The van der Waals surface area contributed by atoms with E-state index >= 15 is 0 Å². The third-order valence-corrected chi connectivity index (χ3v) is 1.85. The quantitative estimate of drug-likeness (QED) is 0.774. The minimum absolute atomic E-state index is 0.0507. The first-order chi connectivity index (χ1) is 6.42. The second kappa shape index (κ2) is 3.82. The predicted octanol–water partition coefficient (Wildman–Crippen LogP) is 3.24. The molecule has 0 amide bonds. The highest BCUT2D eigenvalue weighted by Crippen LogP contribution is 2.15. The summed E-state index contributed by atoms with van der Waals surface area (Å²) < 4.78 is 0. The van der Waals surface area contributed by atoms with Crippen LogP contribution in [0.3, 0.4) is 0 Å². The van der Waals surface area contributed by atoms with Crippen molar-refractivity contribution >= 4 is 11.9 Å². The third kappa shape index (κ3) is 2.87. The summed E-state index contributed by atoms with van der Waals surface area (Å²) in [7, 11) is 0. The first-order valence-electron chi connectivity index (χ1n) is 4.80. The van der Waals surface area contributed by atoms with Gasteiger partial charge in [-0.15, -0.1) is 0 Å². The van der Waals surface area contributed by atoms with Gasteiger partial charge >= 0.3 is 0 Å². The largest absolute Gasteiger partial charge is 0.365 e.